The molecule has 0 aromatic carbocycles. The summed E-state index contributed by atoms with van der Waals surface area (Å²) >= 11 is 0. The topological polar surface area (TPSA) is 60.9 Å². The first-order chi connectivity index (χ1) is 8.66. The molecule has 5 nitrogen and oxygen atoms in total. The van der Waals surface area contributed by atoms with Crippen molar-refractivity contribution < 1.29 is 14.7 Å². The van der Waals surface area contributed by atoms with E-state index in [4.69, 9.17) is 5.11 Å². The number of hydrogen-bond acceptors (Lipinski definition) is 3. The van der Waals surface area contributed by atoms with Crippen molar-refractivity contribution in [1.82, 2.24) is 9.80 Å². The first-order valence-corrected chi connectivity index (χ1v) is 6.90. The van der Waals surface area contributed by atoms with Crippen molar-refractivity contribution in [2.75, 3.05) is 32.7 Å². The van der Waals surface area contributed by atoms with Crippen LogP contribution in [0.2, 0.25) is 0 Å². The Kier molecular flexibility index (Phi) is 3.01. The second kappa shape index (κ2) is 4.53. The molecule has 0 aromatic heterocycles. The van der Waals surface area contributed by atoms with Gasteiger partial charge in [0.15, 0.2) is 0 Å². The maximum Gasteiger partial charge on any atom is 0.317 e. The van der Waals surface area contributed by atoms with Gasteiger partial charge in [0.05, 0.1) is 6.54 Å². The number of piperazine rings is 1. The van der Waals surface area contributed by atoms with E-state index in [1.54, 1.807) is 0 Å². The summed E-state index contributed by atoms with van der Waals surface area (Å²) in [5, 5.41) is 8.73. The summed E-state index contributed by atoms with van der Waals surface area (Å²) in [6.07, 6.45) is 3.77. The predicted molar refractivity (Wildman–Crippen MR) is 65.0 cm³/mol. The molecule has 3 aliphatic rings. The molecular weight excluding hydrogens is 232 g/mol. The summed E-state index contributed by atoms with van der Waals surface area (Å²) in [7, 11) is 0. The highest BCUT2D eigenvalue weighted by atomic mass is 16.4. The van der Waals surface area contributed by atoms with Gasteiger partial charge in [-0.25, -0.2) is 0 Å². The number of carbonyl (C=O) groups is 2. The quantitative estimate of drug-likeness (QED) is 0.783. The van der Waals surface area contributed by atoms with Gasteiger partial charge in [-0.05, 0) is 24.7 Å². The number of aliphatic carboxylic acids is 1. The minimum Gasteiger partial charge on any atom is -0.480 e. The number of carbonyl (C=O) groups excluding carboxylic acids is 1. The number of hydrogen-bond donors (Lipinski definition) is 1. The Hall–Kier alpha value is -1.10. The van der Waals surface area contributed by atoms with Crippen LogP contribution in [-0.4, -0.2) is 59.5 Å². The third-order valence-electron chi connectivity index (χ3n) is 4.73. The van der Waals surface area contributed by atoms with Gasteiger partial charge in [-0.2, -0.15) is 0 Å². The summed E-state index contributed by atoms with van der Waals surface area (Å²) in [6, 6.07) is 0. The van der Waals surface area contributed by atoms with Gasteiger partial charge in [-0.15, -0.1) is 0 Å². The Bertz CT molecular complexity index is 353. The third kappa shape index (κ3) is 2.11. The van der Waals surface area contributed by atoms with Gasteiger partial charge in [0.25, 0.3) is 0 Å². The second-order valence-electron chi connectivity index (χ2n) is 5.78. The molecule has 0 radical (unpaired) electrons. The highest BCUT2D eigenvalue weighted by Gasteiger charge is 2.57. The molecule has 2 atom stereocenters. The van der Waals surface area contributed by atoms with Gasteiger partial charge in [-0.1, -0.05) is 6.42 Å². The van der Waals surface area contributed by atoms with E-state index >= 15 is 0 Å². The molecule has 3 fully saturated rings. The normalized spacial score (nSPS) is 35.3. The predicted octanol–water partition coefficient (Wildman–Crippen LogP) is 0.261. The summed E-state index contributed by atoms with van der Waals surface area (Å²) in [4.78, 5) is 26.8. The molecule has 1 aliphatic heterocycles. The Labute approximate surface area is 107 Å². The number of rotatable bonds is 3. The fourth-order valence-electron chi connectivity index (χ4n) is 3.72. The maximum atomic E-state index is 12.3. The summed E-state index contributed by atoms with van der Waals surface area (Å²) in [5.41, 5.74) is 0. The summed E-state index contributed by atoms with van der Waals surface area (Å²) in [6.45, 7) is 2.88. The molecule has 100 valence electrons. The van der Waals surface area contributed by atoms with Crippen LogP contribution >= 0.6 is 0 Å². The molecule has 2 aliphatic carbocycles. The third-order valence-corrected chi connectivity index (χ3v) is 4.73. The molecule has 18 heavy (non-hydrogen) atoms. The molecule has 5 heteroatoms. The van der Waals surface area contributed by atoms with E-state index in [1.807, 2.05) is 9.80 Å². The molecule has 0 spiro atoms. The van der Waals surface area contributed by atoms with Crippen molar-refractivity contribution in [2.45, 2.75) is 19.3 Å². The monoisotopic (exact) mass is 252 g/mol. The Morgan fingerprint density at radius 1 is 1.06 bits per heavy atom. The van der Waals surface area contributed by atoms with Gasteiger partial charge >= 0.3 is 5.97 Å². The molecule has 2 saturated carbocycles. The van der Waals surface area contributed by atoms with Crippen molar-refractivity contribution in [3.8, 4) is 0 Å². The van der Waals surface area contributed by atoms with Crippen molar-refractivity contribution in [1.29, 1.82) is 0 Å². The maximum absolute atomic E-state index is 12.3. The van der Waals surface area contributed by atoms with Gasteiger partial charge in [-0.3, -0.25) is 14.5 Å². The largest absolute Gasteiger partial charge is 0.480 e. The lowest BCUT2D eigenvalue weighted by molar-refractivity contribution is -0.139. The van der Waals surface area contributed by atoms with E-state index in [0.29, 0.717) is 49.8 Å². The van der Waals surface area contributed by atoms with Gasteiger partial charge in [0, 0.05) is 32.1 Å². The molecular formula is C13H20N2O3. The lowest BCUT2D eigenvalue weighted by atomic mass is 10.1. The fourth-order valence-corrected chi connectivity index (χ4v) is 3.72. The highest BCUT2D eigenvalue weighted by Crippen LogP contribution is 2.58. The van der Waals surface area contributed by atoms with Crippen molar-refractivity contribution in [3.05, 3.63) is 0 Å². The standard InChI is InChI=1S/C13H20N2O3/c16-11(17)8-14-4-6-15(7-5-14)13(18)12-9-2-1-3-10(9)12/h9-10,12H,1-8H2,(H,16,17). The van der Waals surface area contributed by atoms with Crippen molar-refractivity contribution in [2.24, 2.45) is 17.8 Å². The van der Waals surface area contributed by atoms with Crippen LogP contribution in [-0.2, 0) is 9.59 Å². The molecule has 1 saturated heterocycles. The highest BCUT2D eigenvalue weighted by molar-refractivity contribution is 5.82. The zero-order valence-corrected chi connectivity index (χ0v) is 10.5. The van der Waals surface area contributed by atoms with E-state index in [9.17, 15) is 9.59 Å². The number of fused-ring (bicyclic) bond motifs is 1. The number of nitrogens with zero attached hydrogens (tertiary/aromatic N) is 2. The van der Waals surface area contributed by atoms with Crippen LogP contribution in [0.25, 0.3) is 0 Å². The lowest BCUT2D eigenvalue weighted by Crippen LogP contribution is -2.50. The SMILES string of the molecule is O=C(O)CN1CCN(C(=O)C2C3CCCC32)CC1. The Morgan fingerprint density at radius 2 is 1.67 bits per heavy atom. The minimum atomic E-state index is -0.786. The van der Waals surface area contributed by atoms with Gasteiger partial charge < -0.3 is 10.0 Å². The molecule has 1 N–H and O–H groups in total. The van der Waals surface area contributed by atoms with Crippen molar-refractivity contribution >= 4 is 11.9 Å². The van der Waals surface area contributed by atoms with Crippen LogP contribution in [0.4, 0.5) is 0 Å². The first kappa shape index (κ1) is 12.0. The van der Waals surface area contributed by atoms with Crippen LogP contribution in [0.3, 0.4) is 0 Å². The molecule has 1 heterocycles. The second-order valence-corrected chi connectivity index (χ2v) is 5.78. The Morgan fingerprint density at radius 3 is 2.22 bits per heavy atom. The summed E-state index contributed by atoms with van der Waals surface area (Å²) < 4.78 is 0. The van der Waals surface area contributed by atoms with E-state index in [2.05, 4.69) is 0 Å². The fraction of sp³-hybridized carbons (Fsp3) is 0.846. The number of amides is 1. The van der Waals surface area contributed by atoms with Gasteiger partial charge in [0.1, 0.15) is 0 Å². The molecule has 1 amide bonds. The smallest absolute Gasteiger partial charge is 0.317 e. The van der Waals surface area contributed by atoms with Gasteiger partial charge in [0.2, 0.25) is 5.91 Å². The van der Waals surface area contributed by atoms with E-state index in [1.165, 1.54) is 19.3 Å². The Balaban J connectivity index is 1.48. The number of carboxylic acids is 1. The molecule has 3 rings (SSSR count). The molecule has 2 unspecified atom stereocenters. The average molecular weight is 252 g/mol. The van der Waals surface area contributed by atoms with E-state index < -0.39 is 5.97 Å². The van der Waals surface area contributed by atoms with Crippen LogP contribution < -0.4 is 0 Å². The summed E-state index contributed by atoms with van der Waals surface area (Å²) in [5.74, 6) is 1.21. The first-order valence-electron chi connectivity index (χ1n) is 6.90. The van der Waals surface area contributed by atoms with Crippen LogP contribution in [0.5, 0.6) is 0 Å². The van der Waals surface area contributed by atoms with Crippen molar-refractivity contribution in [3.63, 3.8) is 0 Å². The minimum absolute atomic E-state index is 0.0940. The van der Waals surface area contributed by atoms with E-state index in [0.717, 1.165) is 0 Å². The van der Waals surface area contributed by atoms with Crippen LogP contribution in [0.1, 0.15) is 19.3 Å². The van der Waals surface area contributed by atoms with Crippen LogP contribution in [0, 0.1) is 17.8 Å². The van der Waals surface area contributed by atoms with E-state index in [-0.39, 0.29) is 6.54 Å². The lowest BCUT2D eigenvalue weighted by Gasteiger charge is -2.34. The average Bonchev–Trinajstić information content (AvgIpc) is 2.81. The molecule has 0 bridgehead atoms. The number of carboxylic acid groups (broad SMARTS) is 1. The molecule has 0 aromatic rings. The van der Waals surface area contributed by atoms with Crippen LogP contribution in [0.15, 0.2) is 0 Å². The zero-order valence-electron chi connectivity index (χ0n) is 10.5. The zero-order chi connectivity index (χ0) is 12.7.